The highest BCUT2D eigenvalue weighted by molar-refractivity contribution is 7.14. The second kappa shape index (κ2) is 8.66. The molecule has 6 nitrogen and oxygen atoms in total. The highest BCUT2D eigenvalue weighted by atomic mass is 32.1. The number of hydrogen-bond acceptors (Lipinski definition) is 6. The lowest BCUT2D eigenvalue weighted by molar-refractivity contribution is 0.0946. The van der Waals surface area contributed by atoms with Crippen LogP contribution in [-0.4, -0.2) is 25.1 Å². The summed E-state index contributed by atoms with van der Waals surface area (Å²) in [6, 6.07) is 8.78. The van der Waals surface area contributed by atoms with E-state index in [1.54, 1.807) is 30.7 Å². The Bertz CT molecular complexity index is 974. The number of carbonyl (C=O) groups excluding carboxylic acids is 1. The van der Waals surface area contributed by atoms with Crippen molar-refractivity contribution in [1.29, 1.82) is 0 Å². The fourth-order valence-corrected chi connectivity index (χ4v) is 3.12. The van der Waals surface area contributed by atoms with E-state index >= 15 is 0 Å². The second-order valence-electron chi connectivity index (χ2n) is 5.61. The number of nitrogens with zero attached hydrogens (tertiary/aromatic N) is 1. The Balaban J connectivity index is 1.68. The van der Waals surface area contributed by atoms with E-state index in [1.807, 2.05) is 0 Å². The molecule has 0 aliphatic rings. The van der Waals surface area contributed by atoms with Gasteiger partial charge in [0.15, 0.2) is 5.13 Å². The largest absolute Gasteiger partial charge is 0.497 e. The molecule has 2 aromatic carbocycles. The molecular formula is C19H17F2N3O3S. The number of carbonyl (C=O) groups is 1. The number of halogens is 2. The van der Waals surface area contributed by atoms with Crippen molar-refractivity contribution in [1.82, 2.24) is 10.3 Å². The van der Waals surface area contributed by atoms with Crippen molar-refractivity contribution >= 4 is 28.1 Å². The van der Waals surface area contributed by atoms with Gasteiger partial charge in [-0.25, -0.2) is 13.8 Å². The number of rotatable bonds is 7. The number of aromatic nitrogens is 1. The van der Waals surface area contributed by atoms with Crippen LogP contribution in [-0.2, 0) is 6.54 Å². The molecule has 0 fully saturated rings. The summed E-state index contributed by atoms with van der Waals surface area (Å²) < 4.78 is 37.7. The van der Waals surface area contributed by atoms with Gasteiger partial charge in [0.25, 0.3) is 5.91 Å². The second-order valence-corrected chi connectivity index (χ2v) is 6.47. The lowest BCUT2D eigenvalue weighted by Gasteiger charge is -2.10. The fourth-order valence-electron chi connectivity index (χ4n) is 2.41. The Hall–Kier alpha value is -3.20. The number of methoxy groups -OCH3 is 2. The maximum Gasteiger partial charge on any atom is 0.271 e. The monoisotopic (exact) mass is 405 g/mol. The van der Waals surface area contributed by atoms with Gasteiger partial charge in [-0.15, -0.1) is 11.3 Å². The van der Waals surface area contributed by atoms with Crippen LogP contribution < -0.4 is 20.1 Å². The molecule has 0 aliphatic carbocycles. The van der Waals surface area contributed by atoms with Crippen LogP contribution in [0.4, 0.5) is 19.6 Å². The zero-order valence-corrected chi connectivity index (χ0v) is 15.9. The molecule has 3 rings (SSSR count). The van der Waals surface area contributed by atoms with Gasteiger partial charge in [0.05, 0.1) is 19.9 Å². The first-order valence-corrected chi connectivity index (χ1v) is 9.05. The Morgan fingerprint density at radius 3 is 2.57 bits per heavy atom. The van der Waals surface area contributed by atoms with Gasteiger partial charge in [0.1, 0.15) is 28.8 Å². The van der Waals surface area contributed by atoms with Crippen LogP contribution in [0, 0.1) is 11.6 Å². The number of benzene rings is 2. The van der Waals surface area contributed by atoms with Gasteiger partial charge in [-0.1, -0.05) is 6.07 Å². The van der Waals surface area contributed by atoms with Gasteiger partial charge in [-0.05, 0) is 24.3 Å². The van der Waals surface area contributed by atoms with Crippen molar-refractivity contribution < 1.29 is 23.0 Å². The summed E-state index contributed by atoms with van der Waals surface area (Å²) in [5, 5.41) is 7.55. The molecule has 28 heavy (non-hydrogen) atoms. The van der Waals surface area contributed by atoms with Crippen molar-refractivity contribution in [3.63, 3.8) is 0 Å². The van der Waals surface area contributed by atoms with Crippen LogP contribution in [0.5, 0.6) is 11.5 Å². The average molecular weight is 405 g/mol. The van der Waals surface area contributed by atoms with Crippen LogP contribution in [0.3, 0.4) is 0 Å². The van der Waals surface area contributed by atoms with Gasteiger partial charge < -0.3 is 20.1 Å². The molecule has 3 aromatic rings. The van der Waals surface area contributed by atoms with E-state index in [0.29, 0.717) is 22.3 Å². The standard InChI is InChI=1S/C19H17F2N3O3S/c1-26-11-6-7-15(17(8-11)27-2)23-19-24-16(10-28-19)18(25)22-9-12-13(20)4-3-5-14(12)21/h3-8,10H,9H2,1-2H3,(H,22,25)(H,23,24). The third kappa shape index (κ3) is 4.37. The molecule has 1 amide bonds. The number of nitrogens with one attached hydrogen (secondary N) is 2. The van der Waals surface area contributed by atoms with E-state index in [4.69, 9.17) is 9.47 Å². The van der Waals surface area contributed by atoms with Gasteiger partial charge in [-0.3, -0.25) is 4.79 Å². The number of anilines is 2. The molecule has 0 radical (unpaired) electrons. The van der Waals surface area contributed by atoms with Crippen molar-refractivity contribution in [2.75, 3.05) is 19.5 Å². The molecule has 1 aromatic heterocycles. The smallest absolute Gasteiger partial charge is 0.271 e. The first-order valence-electron chi connectivity index (χ1n) is 8.17. The molecule has 0 aliphatic heterocycles. The van der Waals surface area contributed by atoms with Gasteiger partial charge in [-0.2, -0.15) is 0 Å². The first-order chi connectivity index (χ1) is 13.5. The van der Waals surface area contributed by atoms with Crippen LogP contribution in [0.15, 0.2) is 41.8 Å². The number of thiazole rings is 1. The van der Waals surface area contributed by atoms with Crippen molar-refractivity contribution in [3.05, 3.63) is 64.7 Å². The van der Waals surface area contributed by atoms with Crippen molar-refractivity contribution in [3.8, 4) is 11.5 Å². The van der Waals surface area contributed by atoms with E-state index in [9.17, 15) is 13.6 Å². The number of amides is 1. The molecule has 0 bridgehead atoms. The topological polar surface area (TPSA) is 72.5 Å². The van der Waals surface area contributed by atoms with Crippen molar-refractivity contribution in [2.45, 2.75) is 6.54 Å². The molecule has 0 spiro atoms. The molecule has 0 saturated carbocycles. The SMILES string of the molecule is COc1ccc(Nc2nc(C(=O)NCc3c(F)cccc3F)cs2)c(OC)c1. The summed E-state index contributed by atoms with van der Waals surface area (Å²) in [7, 11) is 3.09. The lowest BCUT2D eigenvalue weighted by Crippen LogP contribution is -2.24. The molecular weight excluding hydrogens is 388 g/mol. The third-order valence-corrected chi connectivity index (χ3v) is 4.63. The Morgan fingerprint density at radius 1 is 1.14 bits per heavy atom. The molecule has 146 valence electrons. The Labute approximate surface area is 164 Å². The fraction of sp³-hybridized carbons (Fsp3) is 0.158. The molecule has 0 atom stereocenters. The predicted octanol–water partition coefficient (Wildman–Crippen LogP) is 4.11. The molecule has 2 N–H and O–H groups in total. The van der Waals surface area contributed by atoms with Crippen LogP contribution in [0.1, 0.15) is 16.1 Å². The summed E-state index contributed by atoms with van der Waals surface area (Å²) in [5.41, 5.74) is 0.585. The normalized spacial score (nSPS) is 10.4. The quantitative estimate of drug-likeness (QED) is 0.619. The minimum Gasteiger partial charge on any atom is -0.497 e. The summed E-state index contributed by atoms with van der Waals surface area (Å²) in [4.78, 5) is 16.4. The highest BCUT2D eigenvalue weighted by Gasteiger charge is 2.15. The third-order valence-electron chi connectivity index (χ3n) is 3.87. The van der Waals surface area contributed by atoms with Gasteiger partial charge in [0.2, 0.25) is 0 Å². The van der Waals surface area contributed by atoms with E-state index in [0.717, 1.165) is 12.1 Å². The maximum atomic E-state index is 13.6. The lowest BCUT2D eigenvalue weighted by atomic mass is 10.2. The first kappa shape index (κ1) is 19.6. The Morgan fingerprint density at radius 2 is 1.89 bits per heavy atom. The summed E-state index contributed by atoms with van der Waals surface area (Å²) in [5.74, 6) is -0.772. The maximum absolute atomic E-state index is 13.6. The van der Waals surface area contributed by atoms with Gasteiger partial charge in [0, 0.05) is 23.6 Å². The van der Waals surface area contributed by atoms with Crippen LogP contribution in [0.2, 0.25) is 0 Å². The number of ether oxygens (including phenoxy) is 2. The van der Waals surface area contributed by atoms with E-state index in [-0.39, 0.29) is 17.8 Å². The zero-order chi connectivity index (χ0) is 20.1. The van der Waals surface area contributed by atoms with Gasteiger partial charge >= 0.3 is 0 Å². The van der Waals surface area contributed by atoms with E-state index in [2.05, 4.69) is 15.6 Å². The number of hydrogen-bond donors (Lipinski definition) is 2. The summed E-state index contributed by atoms with van der Waals surface area (Å²) in [6.45, 7) is -0.274. The Kier molecular flexibility index (Phi) is 6.05. The van der Waals surface area contributed by atoms with Crippen molar-refractivity contribution in [2.24, 2.45) is 0 Å². The molecule has 9 heteroatoms. The summed E-state index contributed by atoms with van der Waals surface area (Å²) >= 11 is 1.21. The zero-order valence-electron chi connectivity index (χ0n) is 15.1. The molecule has 0 unspecified atom stereocenters. The molecule has 0 saturated heterocycles. The van der Waals surface area contributed by atoms with E-state index < -0.39 is 17.5 Å². The molecule has 1 heterocycles. The average Bonchev–Trinajstić information content (AvgIpc) is 3.16. The van der Waals surface area contributed by atoms with E-state index in [1.165, 1.54) is 24.5 Å². The van der Waals surface area contributed by atoms with Crippen LogP contribution in [0.25, 0.3) is 0 Å². The van der Waals surface area contributed by atoms with Crippen LogP contribution >= 0.6 is 11.3 Å². The summed E-state index contributed by atoms with van der Waals surface area (Å²) in [6.07, 6.45) is 0. The minimum absolute atomic E-state index is 0.136. The predicted molar refractivity (Wildman–Crippen MR) is 102 cm³/mol. The highest BCUT2D eigenvalue weighted by Crippen LogP contribution is 2.32. The minimum atomic E-state index is -0.715.